The predicted molar refractivity (Wildman–Crippen MR) is 68.6 cm³/mol. The van der Waals surface area contributed by atoms with E-state index in [9.17, 15) is 4.79 Å². The predicted octanol–water partition coefficient (Wildman–Crippen LogP) is 1.14. The van der Waals surface area contributed by atoms with Crippen molar-refractivity contribution in [2.45, 2.75) is 18.4 Å². The van der Waals surface area contributed by atoms with Gasteiger partial charge in [0.2, 0.25) is 5.91 Å². The maximum atomic E-state index is 12.2. The molecular formula is C13H18N2O3. The standard InChI is InChI=1S/C13H18N2O3/c1-17-11-4-2-3-10(9-11)15-12(16)13(14)5-7-18-8-6-13/h2-4,9H,5-8,14H2,1H3,(H,15,16). The summed E-state index contributed by atoms with van der Waals surface area (Å²) in [6.07, 6.45) is 1.09. The lowest BCUT2D eigenvalue weighted by Crippen LogP contribution is -2.54. The zero-order valence-electron chi connectivity index (χ0n) is 10.4. The van der Waals surface area contributed by atoms with Crippen molar-refractivity contribution in [1.29, 1.82) is 0 Å². The molecule has 1 heterocycles. The number of ether oxygens (including phenoxy) is 2. The second-order valence-corrected chi connectivity index (χ2v) is 4.45. The van der Waals surface area contributed by atoms with E-state index in [1.807, 2.05) is 18.2 Å². The van der Waals surface area contributed by atoms with E-state index in [4.69, 9.17) is 15.2 Å². The molecule has 1 saturated heterocycles. The highest BCUT2D eigenvalue weighted by Gasteiger charge is 2.35. The first-order valence-corrected chi connectivity index (χ1v) is 5.96. The van der Waals surface area contributed by atoms with E-state index in [0.717, 1.165) is 0 Å². The zero-order valence-corrected chi connectivity index (χ0v) is 10.4. The third-order valence-electron chi connectivity index (χ3n) is 3.16. The van der Waals surface area contributed by atoms with Gasteiger partial charge >= 0.3 is 0 Å². The largest absolute Gasteiger partial charge is 0.497 e. The summed E-state index contributed by atoms with van der Waals surface area (Å²) < 4.78 is 10.3. The van der Waals surface area contributed by atoms with Crippen molar-refractivity contribution in [2.24, 2.45) is 5.73 Å². The van der Waals surface area contributed by atoms with Crippen LogP contribution in [-0.4, -0.2) is 31.8 Å². The van der Waals surface area contributed by atoms with Gasteiger partial charge < -0.3 is 20.5 Å². The lowest BCUT2D eigenvalue weighted by Gasteiger charge is -2.31. The van der Waals surface area contributed by atoms with E-state index in [2.05, 4.69) is 5.32 Å². The molecule has 0 bridgehead atoms. The molecule has 0 spiro atoms. The summed E-state index contributed by atoms with van der Waals surface area (Å²) in [7, 11) is 1.59. The Kier molecular flexibility index (Phi) is 3.84. The minimum atomic E-state index is -0.832. The molecule has 1 aromatic carbocycles. The van der Waals surface area contributed by atoms with Crippen LogP contribution in [0.3, 0.4) is 0 Å². The fraction of sp³-hybridized carbons (Fsp3) is 0.462. The molecular weight excluding hydrogens is 232 g/mol. The molecule has 3 N–H and O–H groups in total. The van der Waals surface area contributed by atoms with Gasteiger partial charge in [-0.15, -0.1) is 0 Å². The highest BCUT2D eigenvalue weighted by molar-refractivity contribution is 5.98. The van der Waals surface area contributed by atoms with Gasteiger partial charge in [0.25, 0.3) is 0 Å². The van der Waals surface area contributed by atoms with Gasteiger partial charge in [-0.3, -0.25) is 4.79 Å². The minimum Gasteiger partial charge on any atom is -0.497 e. The Labute approximate surface area is 106 Å². The fourth-order valence-electron chi connectivity index (χ4n) is 1.92. The number of carbonyl (C=O) groups excluding carboxylic acids is 1. The number of amides is 1. The van der Waals surface area contributed by atoms with Gasteiger partial charge in [0.15, 0.2) is 0 Å². The summed E-state index contributed by atoms with van der Waals surface area (Å²) in [6, 6.07) is 7.22. The molecule has 98 valence electrons. The highest BCUT2D eigenvalue weighted by atomic mass is 16.5. The number of benzene rings is 1. The number of nitrogens with two attached hydrogens (primary N) is 1. The maximum Gasteiger partial charge on any atom is 0.244 e. The Hall–Kier alpha value is -1.59. The fourth-order valence-corrected chi connectivity index (χ4v) is 1.92. The first kappa shape index (κ1) is 12.9. The monoisotopic (exact) mass is 250 g/mol. The SMILES string of the molecule is COc1cccc(NC(=O)C2(N)CCOCC2)c1. The number of hydrogen-bond acceptors (Lipinski definition) is 4. The number of nitrogens with one attached hydrogen (secondary N) is 1. The Bertz CT molecular complexity index is 428. The maximum absolute atomic E-state index is 12.2. The molecule has 1 aliphatic heterocycles. The summed E-state index contributed by atoms with van der Waals surface area (Å²) in [5, 5.41) is 2.83. The van der Waals surface area contributed by atoms with E-state index in [-0.39, 0.29) is 5.91 Å². The summed E-state index contributed by atoms with van der Waals surface area (Å²) in [5.74, 6) is 0.532. The smallest absolute Gasteiger partial charge is 0.244 e. The van der Waals surface area contributed by atoms with Gasteiger partial charge in [-0.2, -0.15) is 0 Å². The van der Waals surface area contributed by atoms with Crippen molar-refractivity contribution >= 4 is 11.6 Å². The summed E-state index contributed by atoms with van der Waals surface area (Å²) >= 11 is 0. The van der Waals surface area contributed by atoms with Crippen LogP contribution in [0.4, 0.5) is 5.69 Å². The van der Waals surface area contributed by atoms with Gasteiger partial charge in [-0.25, -0.2) is 0 Å². The van der Waals surface area contributed by atoms with E-state index in [1.165, 1.54) is 0 Å². The quantitative estimate of drug-likeness (QED) is 0.843. The van der Waals surface area contributed by atoms with Crippen LogP contribution in [0.5, 0.6) is 5.75 Å². The molecule has 0 atom stereocenters. The Morgan fingerprint density at radius 1 is 1.44 bits per heavy atom. The van der Waals surface area contributed by atoms with Crippen LogP contribution in [0.1, 0.15) is 12.8 Å². The first-order valence-electron chi connectivity index (χ1n) is 5.96. The second-order valence-electron chi connectivity index (χ2n) is 4.45. The molecule has 1 aromatic rings. The van der Waals surface area contributed by atoms with Gasteiger partial charge in [0, 0.05) is 25.0 Å². The van der Waals surface area contributed by atoms with Crippen LogP contribution in [0, 0.1) is 0 Å². The third-order valence-corrected chi connectivity index (χ3v) is 3.16. The molecule has 1 amide bonds. The molecule has 18 heavy (non-hydrogen) atoms. The van der Waals surface area contributed by atoms with E-state index >= 15 is 0 Å². The van der Waals surface area contributed by atoms with Crippen molar-refractivity contribution in [3.8, 4) is 5.75 Å². The van der Waals surface area contributed by atoms with Crippen molar-refractivity contribution < 1.29 is 14.3 Å². The Morgan fingerprint density at radius 2 is 2.17 bits per heavy atom. The van der Waals surface area contributed by atoms with Crippen LogP contribution in [0.25, 0.3) is 0 Å². The van der Waals surface area contributed by atoms with Crippen LogP contribution in [0.15, 0.2) is 24.3 Å². The average Bonchev–Trinajstić information content (AvgIpc) is 2.40. The minimum absolute atomic E-state index is 0.168. The molecule has 0 aliphatic carbocycles. The van der Waals surface area contributed by atoms with Crippen molar-refractivity contribution in [3.63, 3.8) is 0 Å². The molecule has 0 unspecified atom stereocenters. The molecule has 0 radical (unpaired) electrons. The second kappa shape index (κ2) is 5.37. The molecule has 5 nitrogen and oxygen atoms in total. The van der Waals surface area contributed by atoms with Gasteiger partial charge in [-0.1, -0.05) is 6.07 Å². The summed E-state index contributed by atoms with van der Waals surface area (Å²) in [6.45, 7) is 1.06. The van der Waals surface area contributed by atoms with Gasteiger partial charge in [0.05, 0.1) is 7.11 Å². The molecule has 0 saturated carbocycles. The van der Waals surface area contributed by atoms with Gasteiger partial charge in [-0.05, 0) is 25.0 Å². The van der Waals surface area contributed by atoms with E-state index in [0.29, 0.717) is 37.5 Å². The number of hydrogen-bond donors (Lipinski definition) is 2. The molecule has 1 aliphatic rings. The normalized spacial score (nSPS) is 18.1. The lowest BCUT2D eigenvalue weighted by atomic mass is 9.90. The number of rotatable bonds is 3. The summed E-state index contributed by atoms with van der Waals surface area (Å²) in [4.78, 5) is 12.2. The van der Waals surface area contributed by atoms with E-state index in [1.54, 1.807) is 13.2 Å². The molecule has 1 fully saturated rings. The van der Waals surface area contributed by atoms with Crippen molar-refractivity contribution in [2.75, 3.05) is 25.6 Å². The number of carbonyl (C=O) groups is 1. The number of methoxy groups -OCH3 is 1. The molecule has 0 aromatic heterocycles. The highest BCUT2D eigenvalue weighted by Crippen LogP contribution is 2.22. The van der Waals surface area contributed by atoms with Crippen LogP contribution < -0.4 is 15.8 Å². The van der Waals surface area contributed by atoms with Gasteiger partial charge in [0.1, 0.15) is 11.3 Å². The Balaban J connectivity index is 2.05. The van der Waals surface area contributed by atoms with E-state index < -0.39 is 5.54 Å². The average molecular weight is 250 g/mol. The molecule has 2 rings (SSSR count). The summed E-state index contributed by atoms with van der Waals surface area (Å²) in [5.41, 5.74) is 5.96. The lowest BCUT2D eigenvalue weighted by molar-refractivity contribution is -0.124. The first-order chi connectivity index (χ1) is 8.64. The van der Waals surface area contributed by atoms with Crippen molar-refractivity contribution in [3.05, 3.63) is 24.3 Å². The number of anilines is 1. The zero-order chi connectivity index (χ0) is 13.0. The van der Waals surface area contributed by atoms with Crippen molar-refractivity contribution in [1.82, 2.24) is 0 Å². The van der Waals surface area contributed by atoms with Crippen LogP contribution >= 0.6 is 0 Å². The third kappa shape index (κ3) is 2.80. The van der Waals surface area contributed by atoms with Crippen LogP contribution in [0.2, 0.25) is 0 Å². The Morgan fingerprint density at radius 3 is 2.83 bits per heavy atom. The topological polar surface area (TPSA) is 73.6 Å². The molecule has 5 heteroatoms. The van der Waals surface area contributed by atoms with Crippen LogP contribution in [-0.2, 0) is 9.53 Å².